The number of aliphatic carboxylic acids is 1. The maximum absolute atomic E-state index is 13.0. The highest BCUT2D eigenvalue weighted by Gasteiger charge is 2.20. The van der Waals surface area contributed by atoms with Crippen LogP contribution in [0, 0.1) is 0 Å². The van der Waals surface area contributed by atoms with E-state index in [-0.39, 0.29) is 28.8 Å². The minimum Gasteiger partial charge on any atom is -0.481 e. The number of carboxylic acids is 1. The van der Waals surface area contributed by atoms with Crippen LogP contribution in [0.5, 0.6) is 0 Å². The number of hydrogen-bond donors (Lipinski definition) is 2. The van der Waals surface area contributed by atoms with Crippen molar-refractivity contribution in [1.82, 2.24) is 0 Å². The van der Waals surface area contributed by atoms with Crippen LogP contribution in [0.2, 0.25) is 0 Å². The van der Waals surface area contributed by atoms with Gasteiger partial charge in [0.25, 0.3) is 0 Å². The van der Waals surface area contributed by atoms with Crippen molar-refractivity contribution in [2.45, 2.75) is 13.1 Å². The number of rotatable bonds is 5. The van der Waals surface area contributed by atoms with Crippen LogP contribution in [0.4, 0.5) is 10.1 Å². The molecule has 0 aliphatic carbocycles. The van der Waals surface area contributed by atoms with Gasteiger partial charge in [0.1, 0.15) is 6.67 Å². The molecule has 6 heteroatoms. The molecule has 0 aliphatic heterocycles. The van der Waals surface area contributed by atoms with Gasteiger partial charge in [0.2, 0.25) is 0 Å². The number of alkyl halides is 1. The van der Waals surface area contributed by atoms with Crippen LogP contribution in [0.1, 0.15) is 27.0 Å². The predicted octanol–water partition coefficient (Wildman–Crippen LogP) is 3.36. The lowest BCUT2D eigenvalue weighted by Crippen LogP contribution is -2.13. The topological polar surface area (TPSA) is 80.4 Å². The predicted molar refractivity (Wildman–Crippen MR) is 84.6 cm³/mol. The Hall–Kier alpha value is -2.21. The molecule has 2 aromatic rings. The number of nitrogens with two attached hydrogens (primary N) is 1. The quantitative estimate of drug-likeness (QED) is 0.628. The van der Waals surface area contributed by atoms with Gasteiger partial charge in [-0.1, -0.05) is 28.1 Å². The van der Waals surface area contributed by atoms with Crippen molar-refractivity contribution in [2.24, 2.45) is 0 Å². The summed E-state index contributed by atoms with van der Waals surface area (Å²) >= 11 is 3.27. The molecule has 114 valence electrons. The molecule has 0 amide bonds. The molecule has 0 radical (unpaired) electrons. The molecule has 0 aromatic heterocycles. The Morgan fingerprint density at radius 1 is 1.09 bits per heavy atom. The highest BCUT2D eigenvalue weighted by atomic mass is 79.9. The molecule has 0 bridgehead atoms. The Balaban J connectivity index is 2.57. The number of carbonyl (C=O) groups is 2. The van der Waals surface area contributed by atoms with E-state index in [2.05, 4.69) is 15.9 Å². The average Bonchev–Trinajstić information content (AvgIpc) is 2.47. The number of halogens is 2. The molecule has 4 nitrogen and oxygen atoms in total. The lowest BCUT2D eigenvalue weighted by atomic mass is 9.93. The molecular weight excluding hydrogens is 353 g/mol. The van der Waals surface area contributed by atoms with E-state index in [1.54, 1.807) is 24.3 Å². The molecule has 0 spiro atoms. The van der Waals surface area contributed by atoms with E-state index in [1.165, 1.54) is 12.1 Å². The molecule has 0 heterocycles. The summed E-state index contributed by atoms with van der Waals surface area (Å²) in [6, 6.07) is 9.42. The van der Waals surface area contributed by atoms with Crippen molar-refractivity contribution in [3.05, 3.63) is 63.1 Å². The Labute approximate surface area is 134 Å². The van der Waals surface area contributed by atoms with E-state index in [9.17, 15) is 14.0 Å². The SMILES string of the molecule is Nc1c(CF)ccc(CC(=O)O)c1C(=O)c1ccc(Br)cc1. The molecule has 2 aromatic carbocycles. The molecule has 0 atom stereocenters. The number of carbonyl (C=O) groups excluding carboxylic acids is 1. The molecule has 3 N–H and O–H groups in total. The van der Waals surface area contributed by atoms with Crippen LogP contribution >= 0.6 is 15.9 Å². The minimum atomic E-state index is -1.09. The van der Waals surface area contributed by atoms with Crippen LogP contribution in [0.3, 0.4) is 0 Å². The fourth-order valence-corrected chi connectivity index (χ4v) is 2.41. The van der Waals surface area contributed by atoms with Crippen LogP contribution < -0.4 is 5.73 Å². The summed E-state index contributed by atoms with van der Waals surface area (Å²) in [6.45, 7) is -0.820. The Kier molecular flexibility index (Phi) is 4.92. The molecule has 0 aliphatic rings. The van der Waals surface area contributed by atoms with Crippen molar-refractivity contribution in [2.75, 3.05) is 5.73 Å². The number of anilines is 1. The van der Waals surface area contributed by atoms with Gasteiger partial charge in [0.05, 0.1) is 6.42 Å². The summed E-state index contributed by atoms with van der Waals surface area (Å²) in [5.74, 6) is -1.51. The molecule has 0 saturated carbocycles. The van der Waals surface area contributed by atoms with Gasteiger partial charge >= 0.3 is 5.97 Å². The zero-order valence-corrected chi connectivity index (χ0v) is 13.1. The van der Waals surface area contributed by atoms with Crippen molar-refractivity contribution < 1.29 is 19.1 Å². The van der Waals surface area contributed by atoms with E-state index in [4.69, 9.17) is 10.8 Å². The standard InChI is InChI=1S/C16H13BrFNO3/c17-12-5-3-9(4-6-12)16(22)14-10(7-13(20)21)1-2-11(8-18)15(14)19/h1-6H,7-8,19H2,(H,20,21). The molecule has 22 heavy (non-hydrogen) atoms. The third-order valence-corrected chi connectivity index (χ3v) is 3.77. The second kappa shape index (κ2) is 6.70. The summed E-state index contributed by atoms with van der Waals surface area (Å²) in [6.07, 6.45) is -0.353. The van der Waals surface area contributed by atoms with E-state index in [0.29, 0.717) is 5.56 Å². The van der Waals surface area contributed by atoms with Gasteiger partial charge in [-0.05, 0) is 29.8 Å². The molecule has 0 saturated heterocycles. The Morgan fingerprint density at radius 3 is 2.23 bits per heavy atom. The Bertz CT molecular complexity index is 729. The summed E-state index contributed by atoms with van der Waals surface area (Å²) in [4.78, 5) is 23.6. The maximum Gasteiger partial charge on any atom is 0.307 e. The van der Waals surface area contributed by atoms with Crippen LogP contribution in [0.15, 0.2) is 40.9 Å². The first kappa shape index (κ1) is 16.2. The third-order valence-electron chi connectivity index (χ3n) is 3.24. The van der Waals surface area contributed by atoms with Gasteiger partial charge in [-0.15, -0.1) is 0 Å². The summed E-state index contributed by atoms with van der Waals surface area (Å²) in [7, 11) is 0. The van der Waals surface area contributed by atoms with E-state index in [0.717, 1.165) is 4.47 Å². The lowest BCUT2D eigenvalue weighted by molar-refractivity contribution is -0.136. The van der Waals surface area contributed by atoms with E-state index < -0.39 is 18.4 Å². The molecule has 0 unspecified atom stereocenters. The van der Waals surface area contributed by atoms with Gasteiger partial charge < -0.3 is 10.8 Å². The third kappa shape index (κ3) is 3.33. The first-order chi connectivity index (χ1) is 10.4. The van der Waals surface area contributed by atoms with E-state index >= 15 is 0 Å². The van der Waals surface area contributed by atoms with Gasteiger partial charge in [0, 0.05) is 26.9 Å². The van der Waals surface area contributed by atoms with Gasteiger partial charge in [0.15, 0.2) is 5.78 Å². The number of nitrogen functional groups attached to an aromatic ring is 1. The van der Waals surface area contributed by atoms with Crippen LogP contribution in [-0.4, -0.2) is 16.9 Å². The first-order valence-electron chi connectivity index (χ1n) is 6.42. The van der Waals surface area contributed by atoms with Crippen molar-refractivity contribution in [3.63, 3.8) is 0 Å². The van der Waals surface area contributed by atoms with E-state index in [1.807, 2.05) is 0 Å². The molecule has 2 rings (SSSR count). The summed E-state index contributed by atoms with van der Waals surface area (Å²) in [5.41, 5.74) is 6.73. The monoisotopic (exact) mass is 365 g/mol. The molecule has 0 fully saturated rings. The fraction of sp³-hybridized carbons (Fsp3) is 0.125. The number of benzene rings is 2. The number of carboxylic acid groups (broad SMARTS) is 1. The average molecular weight is 366 g/mol. The van der Waals surface area contributed by atoms with Crippen molar-refractivity contribution in [3.8, 4) is 0 Å². The van der Waals surface area contributed by atoms with Crippen LogP contribution in [0.25, 0.3) is 0 Å². The molecular formula is C16H13BrFNO3. The zero-order valence-electron chi connectivity index (χ0n) is 11.5. The largest absolute Gasteiger partial charge is 0.481 e. The van der Waals surface area contributed by atoms with Crippen molar-refractivity contribution in [1.29, 1.82) is 0 Å². The normalized spacial score (nSPS) is 10.5. The maximum atomic E-state index is 13.0. The second-order valence-corrected chi connectivity index (χ2v) is 5.63. The number of hydrogen-bond acceptors (Lipinski definition) is 3. The fourth-order valence-electron chi connectivity index (χ4n) is 2.15. The first-order valence-corrected chi connectivity index (χ1v) is 7.21. The summed E-state index contributed by atoms with van der Waals surface area (Å²) < 4.78 is 13.8. The van der Waals surface area contributed by atoms with Gasteiger partial charge in [-0.25, -0.2) is 4.39 Å². The second-order valence-electron chi connectivity index (χ2n) is 4.71. The highest BCUT2D eigenvalue weighted by Crippen LogP contribution is 2.27. The zero-order chi connectivity index (χ0) is 16.3. The lowest BCUT2D eigenvalue weighted by Gasteiger charge is -2.13. The van der Waals surface area contributed by atoms with Gasteiger partial charge in [-0.3, -0.25) is 9.59 Å². The highest BCUT2D eigenvalue weighted by molar-refractivity contribution is 9.10. The van der Waals surface area contributed by atoms with Crippen LogP contribution in [-0.2, 0) is 17.9 Å². The smallest absolute Gasteiger partial charge is 0.307 e. The van der Waals surface area contributed by atoms with Crippen molar-refractivity contribution >= 4 is 33.4 Å². The number of ketones is 1. The minimum absolute atomic E-state index is 0.00540. The Morgan fingerprint density at radius 2 is 1.68 bits per heavy atom. The summed E-state index contributed by atoms with van der Waals surface area (Å²) in [5, 5.41) is 8.97. The van der Waals surface area contributed by atoms with Gasteiger partial charge in [-0.2, -0.15) is 0 Å².